The smallest absolute Gasteiger partial charge is 0.0533 e. The van der Waals surface area contributed by atoms with E-state index in [9.17, 15) is 0 Å². The van der Waals surface area contributed by atoms with E-state index in [4.69, 9.17) is 0 Å². The summed E-state index contributed by atoms with van der Waals surface area (Å²) in [6.07, 6.45) is 7.01. The molecule has 0 atom stereocenters. The van der Waals surface area contributed by atoms with Crippen LogP contribution in [0, 0.1) is 0 Å². The monoisotopic (exact) mass is 260 g/mol. The highest BCUT2D eigenvalue weighted by Crippen LogP contribution is 2.00. The van der Waals surface area contributed by atoms with Gasteiger partial charge in [0.2, 0.25) is 0 Å². The molecule has 0 radical (unpaired) electrons. The molecule has 124 valence electrons. The maximum atomic E-state index is 2.25. The van der Waals surface area contributed by atoms with E-state index in [0.29, 0.717) is 0 Å². The molecule has 0 nitrogen and oxygen atoms in total. The van der Waals surface area contributed by atoms with E-state index in [-0.39, 0.29) is 74.3 Å². The van der Waals surface area contributed by atoms with Crippen LogP contribution in [-0.4, -0.2) is 0 Å². The fourth-order valence-corrected chi connectivity index (χ4v) is 0.677. The summed E-state index contributed by atoms with van der Waals surface area (Å²) in [5, 5.41) is 0. The van der Waals surface area contributed by atoms with E-state index < -0.39 is 0 Å². The number of unbranched alkanes of at least 4 members (excludes halogenated alkanes) is 4. The van der Waals surface area contributed by atoms with Crippen LogP contribution in [0.2, 0.25) is 0 Å². The lowest BCUT2D eigenvalue weighted by Gasteiger charge is -1.90. The summed E-state index contributed by atoms with van der Waals surface area (Å²) < 4.78 is 0. The lowest BCUT2D eigenvalue weighted by molar-refractivity contribution is 0.656. The Morgan fingerprint density at radius 3 is 0.647 bits per heavy atom. The van der Waals surface area contributed by atoms with Gasteiger partial charge in [-0.25, -0.2) is 0 Å². The standard InChI is InChI=1S/C7H16.10CH4/c1-3-5-7-6-4-2;;;;;;;;;;/h3-7H2,1-2H3;10*1H4. The quantitative estimate of drug-likeness (QED) is 0.442. The summed E-state index contributed by atoms with van der Waals surface area (Å²) in [5.74, 6) is 0. The van der Waals surface area contributed by atoms with Crippen molar-refractivity contribution in [1.82, 2.24) is 0 Å². The average molecular weight is 261 g/mol. The van der Waals surface area contributed by atoms with Gasteiger partial charge in [-0.2, -0.15) is 0 Å². The van der Waals surface area contributed by atoms with Crippen LogP contribution in [0.15, 0.2) is 0 Å². The Morgan fingerprint density at radius 2 is 0.529 bits per heavy atom. The zero-order valence-electron chi connectivity index (χ0n) is 5.54. The summed E-state index contributed by atoms with van der Waals surface area (Å²) in [4.78, 5) is 0. The molecule has 0 unspecified atom stereocenters. The van der Waals surface area contributed by atoms with Crippen LogP contribution in [-0.2, 0) is 0 Å². The second-order valence-corrected chi connectivity index (χ2v) is 2.06. The third-order valence-electron chi connectivity index (χ3n) is 1.21. The van der Waals surface area contributed by atoms with Crippen molar-refractivity contribution in [2.45, 2.75) is 120 Å². The van der Waals surface area contributed by atoms with E-state index in [1.54, 1.807) is 0 Å². The topological polar surface area (TPSA) is 0 Å². The van der Waals surface area contributed by atoms with Crippen LogP contribution in [0.25, 0.3) is 0 Å². The van der Waals surface area contributed by atoms with E-state index in [1.165, 1.54) is 32.1 Å². The van der Waals surface area contributed by atoms with Gasteiger partial charge >= 0.3 is 0 Å². The third kappa shape index (κ3) is 196. The fourth-order valence-electron chi connectivity index (χ4n) is 0.677. The van der Waals surface area contributed by atoms with Gasteiger partial charge in [0, 0.05) is 0 Å². The van der Waals surface area contributed by atoms with Crippen molar-refractivity contribution >= 4 is 0 Å². The van der Waals surface area contributed by atoms with Gasteiger partial charge in [0.1, 0.15) is 0 Å². The van der Waals surface area contributed by atoms with Gasteiger partial charge < -0.3 is 0 Å². The van der Waals surface area contributed by atoms with Crippen molar-refractivity contribution in [2.24, 2.45) is 0 Å². The van der Waals surface area contributed by atoms with Crippen LogP contribution in [0.3, 0.4) is 0 Å². The van der Waals surface area contributed by atoms with Crippen molar-refractivity contribution in [3.05, 3.63) is 0 Å². The Labute approximate surface area is 121 Å². The van der Waals surface area contributed by atoms with Crippen molar-refractivity contribution in [3.63, 3.8) is 0 Å². The largest absolute Gasteiger partial charge is 0.0776 e. The number of hydrogen-bond donors (Lipinski definition) is 0. The third-order valence-corrected chi connectivity index (χ3v) is 1.21. The number of rotatable bonds is 4. The summed E-state index contributed by atoms with van der Waals surface area (Å²) in [5.41, 5.74) is 0. The number of hydrogen-bond acceptors (Lipinski definition) is 0. The summed E-state index contributed by atoms with van der Waals surface area (Å²) in [6, 6.07) is 0. The predicted molar refractivity (Wildman–Crippen MR) is 102 cm³/mol. The van der Waals surface area contributed by atoms with Crippen molar-refractivity contribution in [1.29, 1.82) is 0 Å². The van der Waals surface area contributed by atoms with Gasteiger partial charge in [0.25, 0.3) is 0 Å². The molecule has 0 saturated carbocycles. The first-order valence-corrected chi connectivity index (χ1v) is 3.41. The second kappa shape index (κ2) is 144. The molecule has 0 N–H and O–H groups in total. The molecular weight excluding hydrogens is 204 g/mol. The minimum Gasteiger partial charge on any atom is -0.0776 e. The van der Waals surface area contributed by atoms with Gasteiger partial charge in [0.15, 0.2) is 0 Å². The fraction of sp³-hybridized carbons (Fsp3) is 1.00. The molecule has 0 spiro atoms. The summed E-state index contributed by atoms with van der Waals surface area (Å²) >= 11 is 0. The van der Waals surface area contributed by atoms with Crippen LogP contribution in [0.4, 0.5) is 0 Å². The summed E-state index contributed by atoms with van der Waals surface area (Å²) in [7, 11) is 0. The van der Waals surface area contributed by atoms with Crippen LogP contribution < -0.4 is 0 Å². The minimum absolute atomic E-state index is 0. The Kier molecular flexibility index (Phi) is 1020. The van der Waals surface area contributed by atoms with E-state index in [1.807, 2.05) is 0 Å². The minimum atomic E-state index is 0. The normalized spacial score (nSPS) is 3.88. The van der Waals surface area contributed by atoms with Crippen molar-refractivity contribution in [2.75, 3.05) is 0 Å². The molecule has 0 aromatic carbocycles. The lowest BCUT2D eigenvalue weighted by Crippen LogP contribution is -1.70. The van der Waals surface area contributed by atoms with Crippen LogP contribution in [0.5, 0.6) is 0 Å². The highest BCUT2D eigenvalue weighted by Gasteiger charge is 1.80. The molecule has 0 aliphatic rings. The zero-order chi connectivity index (χ0) is 5.54. The first kappa shape index (κ1) is 121. The Balaban J connectivity index is -0.00000000400. The molecule has 0 fully saturated rings. The molecular formula is C17H56. The molecule has 0 aliphatic heterocycles. The highest BCUT2D eigenvalue weighted by molar-refractivity contribution is 4.35. The second-order valence-electron chi connectivity index (χ2n) is 2.06. The summed E-state index contributed by atoms with van der Waals surface area (Å²) in [6.45, 7) is 4.49. The molecule has 0 heteroatoms. The first-order valence-electron chi connectivity index (χ1n) is 3.41. The van der Waals surface area contributed by atoms with Gasteiger partial charge in [0.05, 0.1) is 0 Å². The van der Waals surface area contributed by atoms with Crippen LogP contribution >= 0.6 is 0 Å². The Morgan fingerprint density at radius 1 is 0.353 bits per heavy atom. The molecule has 0 aromatic heterocycles. The van der Waals surface area contributed by atoms with Crippen molar-refractivity contribution in [3.8, 4) is 0 Å². The van der Waals surface area contributed by atoms with Gasteiger partial charge in [-0.05, 0) is 0 Å². The molecule has 0 amide bonds. The first-order chi connectivity index (χ1) is 3.41. The molecule has 0 aromatic rings. The predicted octanol–water partition coefficient (Wildman–Crippen LogP) is 9.34. The average Bonchev–Trinajstić information content (AvgIpc) is 1.69. The van der Waals surface area contributed by atoms with Gasteiger partial charge in [-0.1, -0.05) is 120 Å². The Bertz CT molecular complexity index is 19.2. The maximum Gasteiger partial charge on any atom is -0.0533 e. The van der Waals surface area contributed by atoms with Crippen LogP contribution in [0.1, 0.15) is 120 Å². The molecule has 0 aliphatic carbocycles. The van der Waals surface area contributed by atoms with E-state index >= 15 is 0 Å². The zero-order valence-corrected chi connectivity index (χ0v) is 5.54. The van der Waals surface area contributed by atoms with E-state index in [0.717, 1.165) is 0 Å². The SMILES string of the molecule is C.C.C.C.C.C.C.C.C.C.CCCCCCC. The molecule has 0 rings (SSSR count). The van der Waals surface area contributed by atoms with Gasteiger partial charge in [-0.15, -0.1) is 0 Å². The lowest BCUT2D eigenvalue weighted by atomic mass is 10.2. The maximum absolute atomic E-state index is 2.25. The van der Waals surface area contributed by atoms with E-state index in [2.05, 4.69) is 13.8 Å². The highest BCUT2D eigenvalue weighted by atomic mass is 13.9. The molecule has 0 saturated heterocycles. The molecule has 0 bridgehead atoms. The van der Waals surface area contributed by atoms with Crippen molar-refractivity contribution < 1.29 is 0 Å². The van der Waals surface area contributed by atoms with Gasteiger partial charge in [-0.3, -0.25) is 0 Å². The molecule has 17 heavy (non-hydrogen) atoms. The molecule has 0 heterocycles. The Hall–Kier alpha value is 0.